The van der Waals surface area contributed by atoms with Crippen LogP contribution in [0.15, 0.2) is 54.1 Å². The molecule has 2 aromatic rings. The Hall–Kier alpha value is -2.35. The highest BCUT2D eigenvalue weighted by atomic mass is 16.1. The number of nitrogens with two attached hydrogens (primary N) is 1. The second kappa shape index (κ2) is 7.11. The summed E-state index contributed by atoms with van der Waals surface area (Å²) in [6.45, 7) is 2.21. The lowest BCUT2D eigenvalue weighted by molar-refractivity contribution is -0.118. The van der Waals surface area contributed by atoms with Crippen molar-refractivity contribution in [2.45, 2.75) is 57.3 Å². The molecular formula is C24H27NO. The monoisotopic (exact) mass is 345 g/mol. The summed E-state index contributed by atoms with van der Waals surface area (Å²) in [4.78, 5) is 11.9. The van der Waals surface area contributed by atoms with Gasteiger partial charge in [-0.3, -0.25) is 4.79 Å². The van der Waals surface area contributed by atoms with Crippen LogP contribution in [0.1, 0.15) is 73.1 Å². The summed E-state index contributed by atoms with van der Waals surface area (Å²) in [6, 6.07) is 17.4. The fraction of sp³-hybridized carbons (Fsp3) is 0.375. The molecule has 134 valence electrons. The molecule has 2 nitrogen and oxygen atoms in total. The quantitative estimate of drug-likeness (QED) is 0.755. The summed E-state index contributed by atoms with van der Waals surface area (Å²) in [5.41, 5.74) is 14.0. The fourth-order valence-corrected chi connectivity index (χ4v) is 4.76. The first-order valence-corrected chi connectivity index (χ1v) is 9.86. The molecule has 1 saturated carbocycles. The van der Waals surface area contributed by atoms with Crippen LogP contribution in [0.4, 0.5) is 0 Å². The van der Waals surface area contributed by atoms with Crippen LogP contribution in [0.2, 0.25) is 0 Å². The Morgan fingerprint density at radius 1 is 1.08 bits per heavy atom. The summed E-state index contributed by atoms with van der Waals surface area (Å²) in [5.74, 6) is 0.633. The smallest absolute Gasteiger partial charge is 0.218 e. The van der Waals surface area contributed by atoms with Crippen molar-refractivity contribution in [3.8, 4) is 0 Å². The lowest BCUT2D eigenvalue weighted by Gasteiger charge is -2.30. The molecule has 2 heteroatoms. The second-order valence-electron chi connectivity index (χ2n) is 7.68. The van der Waals surface area contributed by atoms with Crippen LogP contribution in [-0.4, -0.2) is 5.91 Å². The maximum atomic E-state index is 11.9. The molecule has 1 unspecified atom stereocenters. The van der Waals surface area contributed by atoms with Crippen LogP contribution >= 0.6 is 0 Å². The number of fused-ring (bicyclic) bond motifs is 1. The minimum absolute atomic E-state index is 0.169. The molecular weight excluding hydrogens is 318 g/mol. The zero-order valence-electron chi connectivity index (χ0n) is 15.5. The normalized spacial score (nSPS) is 19.3. The number of amides is 1. The molecule has 1 amide bonds. The Morgan fingerprint density at radius 3 is 2.46 bits per heavy atom. The van der Waals surface area contributed by atoms with Crippen LogP contribution in [-0.2, 0) is 11.2 Å². The molecule has 0 aromatic heterocycles. The lowest BCUT2D eigenvalue weighted by atomic mass is 9.75. The first kappa shape index (κ1) is 17.1. The highest BCUT2D eigenvalue weighted by Gasteiger charge is 2.35. The van der Waals surface area contributed by atoms with Gasteiger partial charge in [0.1, 0.15) is 0 Å². The first-order valence-electron chi connectivity index (χ1n) is 9.86. The Kier molecular flexibility index (Phi) is 4.67. The maximum absolute atomic E-state index is 11.9. The summed E-state index contributed by atoms with van der Waals surface area (Å²) < 4.78 is 0. The molecule has 0 heterocycles. The SMILES string of the molecule is CCC1=C(Cc2ccccc2)c2cccc(C3CCC3)c2C1CC(N)=O. The summed E-state index contributed by atoms with van der Waals surface area (Å²) in [7, 11) is 0. The third-order valence-corrected chi connectivity index (χ3v) is 6.18. The third kappa shape index (κ3) is 2.98. The Morgan fingerprint density at radius 2 is 1.85 bits per heavy atom. The molecule has 2 aliphatic rings. The van der Waals surface area contributed by atoms with Gasteiger partial charge in [-0.15, -0.1) is 0 Å². The number of rotatable bonds is 6. The van der Waals surface area contributed by atoms with Gasteiger partial charge < -0.3 is 5.73 Å². The number of hydrogen-bond donors (Lipinski definition) is 1. The Bertz CT molecular complexity index is 846. The van der Waals surface area contributed by atoms with Gasteiger partial charge in [0.05, 0.1) is 0 Å². The molecule has 0 spiro atoms. The van der Waals surface area contributed by atoms with Gasteiger partial charge in [-0.25, -0.2) is 0 Å². The molecule has 0 radical (unpaired) electrons. The van der Waals surface area contributed by atoms with E-state index in [1.54, 1.807) is 0 Å². The standard InChI is InChI=1S/C24H27NO/c1-2-18-21(14-16-8-4-3-5-9-16)20-13-7-12-19(17-10-6-11-17)24(20)22(18)15-23(25)26/h3-5,7-9,12-13,17,22H,2,6,10-11,14-15H2,1H3,(H2,25,26). The van der Waals surface area contributed by atoms with Crippen molar-refractivity contribution in [1.29, 1.82) is 0 Å². The van der Waals surface area contributed by atoms with E-state index in [2.05, 4.69) is 55.5 Å². The van der Waals surface area contributed by atoms with Crippen molar-refractivity contribution in [1.82, 2.24) is 0 Å². The van der Waals surface area contributed by atoms with Gasteiger partial charge >= 0.3 is 0 Å². The van der Waals surface area contributed by atoms with Crippen molar-refractivity contribution < 1.29 is 4.79 Å². The van der Waals surface area contributed by atoms with Crippen LogP contribution in [0.5, 0.6) is 0 Å². The number of hydrogen-bond acceptors (Lipinski definition) is 1. The van der Waals surface area contributed by atoms with E-state index in [0.717, 1.165) is 12.8 Å². The van der Waals surface area contributed by atoms with Crippen LogP contribution < -0.4 is 5.73 Å². The number of benzene rings is 2. The minimum atomic E-state index is -0.198. The molecule has 1 fully saturated rings. The predicted molar refractivity (Wildman–Crippen MR) is 107 cm³/mol. The maximum Gasteiger partial charge on any atom is 0.218 e. The highest BCUT2D eigenvalue weighted by Crippen LogP contribution is 2.51. The summed E-state index contributed by atoms with van der Waals surface area (Å²) in [5, 5.41) is 0. The van der Waals surface area contributed by atoms with Gasteiger partial charge in [-0.1, -0.05) is 67.4 Å². The van der Waals surface area contributed by atoms with E-state index < -0.39 is 0 Å². The van der Waals surface area contributed by atoms with Crippen molar-refractivity contribution in [2.75, 3.05) is 0 Å². The van der Waals surface area contributed by atoms with Crippen LogP contribution in [0, 0.1) is 0 Å². The lowest BCUT2D eigenvalue weighted by Crippen LogP contribution is -2.18. The van der Waals surface area contributed by atoms with Crippen molar-refractivity contribution >= 4 is 11.5 Å². The van der Waals surface area contributed by atoms with E-state index in [-0.39, 0.29) is 11.8 Å². The summed E-state index contributed by atoms with van der Waals surface area (Å²) >= 11 is 0. The third-order valence-electron chi connectivity index (χ3n) is 6.18. The number of allylic oxidation sites excluding steroid dienone is 2. The van der Waals surface area contributed by atoms with Gasteiger partial charge in [0.15, 0.2) is 0 Å². The molecule has 26 heavy (non-hydrogen) atoms. The number of primary amides is 1. The van der Waals surface area contributed by atoms with Crippen LogP contribution in [0.3, 0.4) is 0 Å². The molecule has 1 atom stereocenters. The average molecular weight is 345 g/mol. The molecule has 2 aliphatic carbocycles. The van der Waals surface area contributed by atoms with Crippen molar-refractivity contribution in [2.24, 2.45) is 5.73 Å². The molecule has 2 aromatic carbocycles. The van der Waals surface area contributed by atoms with E-state index in [4.69, 9.17) is 5.73 Å². The number of carbonyl (C=O) groups excluding carboxylic acids is 1. The zero-order chi connectivity index (χ0) is 18.1. The first-order chi connectivity index (χ1) is 12.7. The topological polar surface area (TPSA) is 43.1 Å². The predicted octanol–water partition coefficient (Wildman–Crippen LogP) is 5.33. The molecule has 0 aliphatic heterocycles. The molecule has 0 bridgehead atoms. The minimum Gasteiger partial charge on any atom is -0.370 e. The summed E-state index contributed by atoms with van der Waals surface area (Å²) in [6.07, 6.45) is 6.20. The number of carbonyl (C=O) groups is 1. The molecule has 2 N–H and O–H groups in total. The van der Waals surface area contributed by atoms with Gasteiger partial charge in [-0.2, -0.15) is 0 Å². The van der Waals surface area contributed by atoms with E-state index >= 15 is 0 Å². The van der Waals surface area contributed by atoms with Gasteiger partial charge in [0.25, 0.3) is 0 Å². The van der Waals surface area contributed by atoms with E-state index in [0.29, 0.717) is 12.3 Å². The largest absolute Gasteiger partial charge is 0.370 e. The second-order valence-corrected chi connectivity index (χ2v) is 7.68. The van der Waals surface area contributed by atoms with Crippen LogP contribution in [0.25, 0.3) is 5.57 Å². The highest BCUT2D eigenvalue weighted by molar-refractivity contribution is 5.84. The van der Waals surface area contributed by atoms with Gasteiger partial charge in [-0.05, 0) is 59.4 Å². The van der Waals surface area contributed by atoms with E-state index in [1.165, 1.54) is 52.7 Å². The zero-order valence-corrected chi connectivity index (χ0v) is 15.5. The van der Waals surface area contributed by atoms with E-state index in [9.17, 15) is 4.79 Å². The Balaban J connectivity index is 1.82. The van der Waals surface area contributed by atoms with Crippen molar-refractivity contribution in [3.05, 3.63) is 76.4 Å². The van der Waals surface area contributed by atoms with Gasteiger partial charge in [0, 0.05) is 12.3 Å². The fourth-order valence-electron chi connectivity index (χ4n) is 4.76. The molecule has 0 saturated heterocycles. The van der Waals surface area contributed by atoms with Crippen molar-refractivity contribution in [3.63, 3.8) is 0 Å². The van der Waals surface area contributed by atoms with Gasteiger partial charge in [0.2, 0.25) is 5.91 Å². The Labute approximate surface area is 156 Å². The van der Waals surface area contributed by atoms with E-state index in [1.807, 2.05) is 0 Å². The molecule has 4 rings (SSSR count). The average Bonchev–Trinajstić information content (AvgIpc) is 2.87.